The first-order valence-corrected chi connectivity index (χ1v) is 15.4. The van der Waals surface area contributed by atoms with Gasteiger partial charge < -0.3 is 0 Å². The highest BCUT2D eigenvalue weighted by Gasteiger charge is 2.23. The van der Waals surface area contributed by atoms with Gasteiger partial charge in [-0.15, -0.1) is 0 Å². The van der Waals surface area contributed by atoms with E-state index in [2.05, 4.69) is 92.6 Å². The first-order chi connectivity index (χ1) is 18.5. The maximum Gasteiger partial charge on any atom is 0.0119 e. The summed E-state index contributed by atoms with van der Waals surface area (Å²) in [6.07, 6.45) is 10.3. The molecule has 0 amide bonds. The van der Waals surface area contributed by atoms with Gasteiger partial charge in [-0.25, -0.2) is 0 Å². The van der Waals surface area contributed by atoms with Crippen LogP contribution in [0, 0.1) is 13.8 Å². The van der Waals surface area contributed by atoms with E-state index in [-0.39, 0.29) is 0 Å². The zero-order valence-electron chi connectivity index (χ0n) is 23.9. The van der Waals surface area contributed by atoms with Gasteiger partial charge in [0, 0.05) is 10.2 Å². The Labute approximate surface area is 234 Å². The van der Waals surface area contributed by atoms with Crippen LogP contribution in [0.4, 0.5) is 0 Å². The van der Waals surface area contributed by atoms with Gasteiger partial charge in [-0.3, -0.25) is 0 Å². The highest BCUT2D eigenvalue weighted by atomic mass is 32.2. The molecular formula is C34H43N3S. The summed E-state index contributed by atoms with van der Waals surface area (Å²) in [6.45, 7) is 11.4. The van der Waals surface area contributed by atoms with Gasteiger partial charge in [0.2, 0.25) is 0 Å². The molecule has 200 valence electrons. The number of hydrogen-bond donors (Lipinski definition) is 0. The van der Waals surface area contributed by atoms with Crippen molar-refractivity contribution in [3.63, 3.8) is 0 Å². The molecule has 1 saturated carbocycles. The Morgan fingerprint density at radius 1 is 0.789 bits per heavy atom. The Balaban J connectivity index is 1.63. The van der Waals surface area contributed by atoms with Crippen LogP contribution in [-0.4, -0.2) is 5.25 Å². The van der Waals surface area contributed by atoms with Gasteiger partial charge in [0.15, 0.2) is 0 Å². The normalized spacial score (nSPS) is 17.3. The van der Waals surface area contributed by atoms with E-state index in [0.717, 1.165) is 38.5 Å². The summed E-state index contributed by atoms with van der Waals surface area (Å²) in [4.78, 5) is 2.91. The van der Waals surface area contributed by atoms with Crippen molar-refractivity contribution in [2.75, 3.05) is 0 Å². The van der Waals surface area contributed by atoms with Crippen LogP contribution < -0.4 is 0 Å². The zero-order chi connectivity index (χ0) is 27.1. The number of rotatable bonds is 10. The maximum atomic E-state index is 8.60. The highest BCUT2D eigenvalue weighted by Crippen LogP contribution is 2.40. The van der Waals surface area contributed by atoms with E-state index in [1.165, 1.54) is 86.8 Å². The van der Waals surface area contributed by atoms with Crippen molar-refractivity contribution in [1.29, 1.82) is 0 Å². The molecule has 0 saturated heterocycles. The fourth-order valence-corrected chi connectivity index (χ4v) is 7.03. The van der Waals surface area contributed by atoms with Crippen LogP contribution in [0.1, 0.15) is 98.6 Å². The third-order valence-electron chi connectivity index (χ3n) is 8.27. The van der Waals surface area contributed by atoms with Gasteiger partial charge in [0.05, 0.1) is 0 Å². The van der Waals surface area contributed by atoms with Crippen LogP contribution in [0.25, 0.3) is 32.7 Å². The van der Waals surface area contributed by atoms with Crippen LogP contribution in [0.3, 0.4) is 0 Å². The van der Waals surface area contributed by atoms with E-state index in [1.54, 1.807) is 0 Å². The number of nitrogens with zero attached hydrogens (tertiary/aromatic N) is 3. The molecule has 38 heavy (non-hydrogen) atoms. The summed E-state index contributed by atoms with van der Waals surface area (Å²) >= 11 is 1.42. The monoisotopic (exact) mass is 525 g/mol. The van der Waals surface area contributed by atoms with Crippen molar-refractivity contribution in [2.45, 2.75) is 104 Å². The van der Waals surface area contributed by atoms with Crippen LogP contribution in [0.15, 0.2) is 53.1 Å². The second-order valence-electron chi connectivity index (χ2n) is 11.0. The third-order valence-corrected chi connectivity index (χ3v) is 9.21. The SMILES string of the molecule is CCCc1ccc(-c2c(C)cc(-c3ccc(C4CCC(SN=[N+]=[N-])CC4)cc3C)cc2CCC)cc1CC. The van der Waals surface area contributed by atoms with Gasteiger partial charge in [0.25, 0.3) is 0 Å². The molecule has 3 aromatic rings. The van der Waals surface area contributed by atoms with Crippen molar-refractivity contribution in [3.05, 3.63) is 92.4 Å². The number of hydrogen-bond acceptors (Lipinski definition) is 2. The van der Waals surface area contributed by atoms with Gasteiger partial charge >= 0.3 is 0 Å². The van der Waals surface area contributed by atoms with Gasteiger partial charge in [-0.05, 0) is 130 Å². The predicted octanol–water partition coefficient (Wildman–Crippen LogP) is 11.1. The minimum Gasteiger partial charge on any atom is -0.0651 e. The molecule has 0 atom stereocenters. The molecule has 0 aliphatic heterocycles. The topological polar surface area (TPSA) is 48.8 Å². The summed E-state index contributed by atoms with van der Waals surface area (Å²) in [6, 6.07) is 19.2. The van der Waals surface area contributed by atoms with E-state index < -0.39 is 0 Å². The quantitative estimate of drug-likeness (QED) is 0.112. The van der Waals surface area contributed by atoms with Crippen LogP contribution >= 0.6 is 11.9 Å². The Bertz CT molecular complexity index is 1300. The summed E-state index contributed by atoms with van der Waals surface area (Å²) < 4.78 is 3.72. The largest absolute Gasteiger partial charge is 0.0651 e. The van der Waals surface area contributed by atoms with E-state index in [4.69, 9.17) is 5.53 Å². The first kappa shape index (κ1) is 28.3. The van der Waals surface area contributed by atoms with Crippen molar-refractivity contribution in [3.8, 4) is 22.3 Å². The fourth-order valence-electron chi connectivity index (χ4n) is 6.37. The fraction of sp³-hybridized carbons (Fsp3) is 0.471. The molecule has 3 aromatic carbocycles. The van der Waals surface area contributed by atoms with Crippen LogP contribution in [-0.2, 0) is 19.3 Å². The smallest absolute Gasteiger partial charge is 0.0119 e. The second-order valence-corrected chi connectivity index (χ2v) is 12.0. The molecule has 1 aliphatic rings. The lowest BCUT2D eigenvalue weighted by atomic mass is 9.82. The molecular weight excluding hydrogens is 482 g/mol. The van der Waals surface area contributed by atoms with E-state index >= 15 is 0 Å². The number of benzene rings is 3. The average Bonchev–Trinajstić information content (AvgIpc) is 2.92. The molecule has 0 radical (unpaired) electrons. The standard InChI is InChI=1S/C34H43N3S/c1-6-9-26-11-12-30(21-25(26)8-3)34-24(5)20-31(22-29(34)10-7-2)33-18-15-28(19-23(33)4)27-13-16-32(17-14-27)38-37-36-35/h11-12,15,18-22,27,32H,6-10,13-14,16-17H2,1-5H3. The van der Waals surface area contributed by atoms with E-state index in [9.17, 15) is 0 Å². The lowest BCUT2D eigenvalue weighted by Gasteiger charge is -2.28. The van der Waals surface area contributed by atoms with Crippen molar-refractivity contribution >= 4 is 11.9 Å². The molecule has 4 rings (SSSR count). The Morgan fingerprint density at radius 3 is 2.16 bits per heavy atom. The molecule has 1 aliphatic carbocycles. The Morgan fingerprint density at radius 2 is 1.50 bits per heavy atom. The number of azide groups is 1. The highest BCUT2D eigenvalue weighted by molar-refractivity contribution is 7.98. The predicted molar refractivity (Wildman–Crippen MR) is 166 cm³/mol. The van der Waals surface area contributed by atoms with Gasteiger partial charge in [-0.1, -0.05) is 94.1 Å². The lowest BCUT2D eigenvalue weighted by molar-refractivity contribution is 0.453. The molecule has 0 N–H and O–H groups in total. The molecule has 0 heterocycles. The van der Waals surface area contributed by atoms with Crippen molar-refractivity contribution in [1.82, 2.24) is 0 Å². The minimum absolute atomic E-state index is 0.470. The molecule has 1 fully saturated rings. The maximum absolute atomic E-state index is 8.60. The third kappa shape index (κ3) is 6.47. The molecule has 0 bridgehead atoms. The van der Waals surface area contributed by atoms with E-state index in [1.807, 2.05) is 0 Å². The summed E-state index contributed by atoms with van der Waals surface area (Å²) in [7, 11) is 0. The van der Waals surface area contributed by atoms with Gasteiger partial charge in [-0.2, -0.15) is 0 Å². The molecule has 0 aromatic heterocycles. The average molecular weight is 526 g/mol. The molecule has 0 spiro atoms. The van der Waals surface area contributed by atoms with E-state index in [0.29, 0.717) is 11.2 Å². The molecule has 4 heteroatoms. The Hall–Kier alpha value is -2.68. The summed E-state index contributed by atoms with van der Waals surface area (Å²) in [5.74, 6) is 0.605. The zero-order valence-corrected chi connectivity index (χ0v) is 24.7. The Kier molecular flexibility index (Phi) is 9.99. The first-order valence-electron chi connectivity index (χ1n) is 14.6. The van der Waals surface area contributed by atoms with Crippen molar-refractivity contribution < 1.29 is 0 Å². The minimum atomic E-state index is 0.470. The molecule has 3 nitrogen and oxygen atoms in total. The summed E-state index contributed by atoms with van der Waals surface area (Å²) in [5, 5.41) is 0.470. The van der Waals surface area contributed by atoms with Crippen LogP contribution in [0.2, 0.25) is 0 Å². The lowest BCUT2D eigenvalue weighted by Crippen LogP contribution is -2.14. The van der Waals surface area contributed by atoms with Crippen LogP contribution in [0.5, 0.6) is 0 Å². The van der Waals surface area contributed by atoms with Crippen molar-refractivity contribution in [2.24, 2.45) is 4.52 Å². The summed E-state index contributed by atoms with van der Waals surface area (Å²) in [5.41, 5.74) is 22.7. The second kappa shape index (κ2) is 13.4. The number of aryl methyl sites for hydroxylation is 5. The molecule has 0 unspecified atom stereocenters. The van der Waals surface area contributed by atoms with Gasteiger partial charge in [0.1, 0.15) is 0 Å².